The van der Waals surface area contributed by atoms with Gasteiger partial charge in [0.2, 0.25) is 0 Å². The predicted octanol–water partition coefficient (Wildman–Crippen LogP) is 4.89. The lowest BCUT2D eigenvalue weighted by molar-refractivity contribution is -0.219. The lowest BCUT2D eigenvalue weighted by Crippen LogP contribution is -2.49. The summed E-state index contributed by atoms with van der Waals surface area (Å²) >= 11 is 0. The molecular formula is C32H43N3O5S. The molecule has 222 valence electrons. The number of nitrogens with one attached hydrogen (secondary N) is 1. The van der Waals surface area contributed by atoms with Gasteiger partial charge in [0.15, 0.2) is 11.9 Å². The number of aliphatic hydroxyl groups excluding tert-OH is 1. The summed E-state index contributed by atoms with van der Waals surface area (Å²) in [5.41, 5.74) is 2.47. The molecule has 5 rings (SSSR count). The van der Waals surface area contributed by atoms with E-state index in [4.69, 9.17) is 14.5 Å². The second-order valence-electron chi connectivity index (χ2n) is 12.3. The molecule has 9 heteroatoms. The minimum atomic E-state index is -1.60. The van der Waals surface area contributed by atoms with Crippen molar-refractivity contribution < 1.29 is 19.4 Å². The largest absolute Gasteiger partial charge is 0.458 e. The summed E-state index contributed by atoms with van der Waals surface area (Å²) < 4.78 is 13.4. The summed E-state index contributed by atoms with van der Waals surface area (Å²) in [6.45, 7) is 13.0. The van der Waals surface area contributed by atoms with Crippen LogP contribution in [0.2, 0.25) is 0 Å². The second kappa shape index (κ2) is 10.8. The fraction of sp³-hybridized carbons (Fsp3) is 0.531. The van der Waals surface area contributed by atoms with Gasteiger partial charge in [0.25, 0.3) is 5.56 Å². The van der Waals surface area contributed by atoms with Gasteiger partial charge in [0, 0.05) is 34.0 Å². The lowest BCUT2D eigenvalue weighted by atomic mass is 9.85. The molecule has 3 aromatic rings. The van der Waals surface area contributed by atoms with Crippen LogP contribution in [0, 0.1) is 5.92 Å². The Morgan fingerprint density at radius 2 is 1.85 bits per heavy atom. The number of hydrogen-bond donors (Lipinski definition) is 2. The van der Waals surface area contributed by atoms with Crippen LogP contribution < -0.4 is 10.9 Å². The van der Waals surface area contributed by atoms with Gasteiger partial charge in [-0.3, -0.25) is 4.79 Å². The molecule has 0 radical (unpaired) electrons. The average Bonchev–Trinajstić information content (AvgIpc) is 3.29. The first-order valence-electron chi connectivity index (χ1n) is 14.5. The minimum absolute atomic E-state index is 0.126. The zero-order valence-electron chi connectivity index (χ0n) is 25.4. The number of rotatable bonds is 9. The first-order chi connectivity index (χ1) is 19.3. The molecule has 0 spiro atoms. The minimum Gasteiger partial charge on any atom is -0.458 e. The number of carbonyl (C=O) groups is 1. The van der Waals surface area contributed by atoms with Crippen molar-refractivity contribution in [3.8, 4) is 11.4 Å². The van der Waals surface area contributed by atoms with Crippen molar-refractivity contribution in [1.82, 2.24) is 14.9 Å². The monoisotopic (exact) mass is 581 g/mol. The molecule has 2 N–H and O–H groups in total. The molecule has 2 unspecified atom stereocenters. The fourth-order valence-electron chi connectivity index (χ4n) is 6.25. The van der Waals surface area contributed by atoms with Gasteiger partial charge in [-0.05, 0) is 42.2 Å². The highest BCUT2D eigenvalue weighted by atomic mass is 32.3. The maximum atomic E-state index is 14.1. The van der Waals surface area contributed by atoms with Crippen molar-refractivity contribution in [2.45, 2.75) is 89.2 Å². The number of nitrogens with zero attached hydrogens (tertiary/aromatic N) is 2. The van der Waals surface area contributed by atoms with Crippen molar-refractivity contribution in [3.63, 3.8) is 0 Å². The Bertz CT molecular complexity index is 1560. The van der Waals surface area contributed by atoms with E-state index in [1.165, 1.54) is 4.90 Å². The number of cyclic esters (lactones) is 1. The van der Waals surface area contributed by atoms with Crippen LogP contribution in [0.3, 0.4) is 0 Å². The van der Waals surface area contributed by atoms with Crippen LogP contribution in [0.4, 0.5) is 0 Å². The summed E-state index contributed by atoms with van der Waals surface area (Å²) in [6, 6.07) is 10.2. The highest BCUT2D eigenvalue weighted by Crippen LogP contribution is 2.60. The van der Waals surface area contributed by atoms with Crippen LogP contribution in [0.5, 0.6) is 0 Å². The molecule has 0 bridgehead atoms. The zero-order chi connectivity index (χ0) is 29.9. The molecule has 2 aromatic heterocycles. The number of pyridine rings is 2. The molecule has 0 aliphatic carbocycles. The summed E-state index contributed by atoms with van der Waals surface area (Å²) in [5, 5.41) is 15.5. The van der Waals surface area contributed by atoms with Crippen molar-refractivity contribution in [1.29, 1.82) is 0 Å². The number of fused-ring (bicyclic) bond motifs is 5. The molecular weight excluding hydrogens is 538 g/mol. The highest BCUT2D eigenvalue weighted by molar-refractivity contribution is 8.33. The van der Waals surface area contributed by atoms with E-state index in [9.17, 15) is 14.7 Å². The van der Waals surface area contributed by atoms with Crippen LogP contribution >= 0.6 is 10.0 Å². The highest BCUT2D eigenvalue weighted by Gasteiger charge is 2.49. The van der Waals surface area contributed by atoms with Gasteiger partial charge < -0.3 is 24.5 Å². The third-order valence-electron chi connectivity index (χ3n) is 8.94. The summed E-state index contributed by atoms with van der Waals surface area (Å²) in [7, 11) is -1.30. The Kier molecular flexibility index (Phi) is 7.87. The standard InChI is InChI=1S/C32H43N3O5S/c1-9-32(40-27(36)15-33-19(4)5)24-14-26-28-22(16-35(26)30(37)23(24)17-39-31(32)38)29(41(7,8)20(6)18(2)3)21-12-10-11-13-25(21)34-28/h10-14,18-20,27,33,36H,9,15-17H2,1-8H3/t20?,27?,32-/m0/s1. The van der Waals surface area contributed by atoms with Crippen LogP contribution in [0.25, 0.3) is 22.3 Å². The SMILES string of the molecule is CC[C@@]1(OC(O)CNC(C)C)C(=O)OCc2c1cc1n(c2=O)Cc2c-1nc1ccccc1c2S(C)(C)C(C)C(C)C. The summed E-state index contributed by atoms with van der Waals surface area (Å²) in [4.78, 5) is 33.8. The van der Waals surface area contributed by atoms with Gasteiger partial charge in [-0.25, -0.2) is 19.8 Å². The van der Waals surface area contributed by atoms with E-state index < -0.39 is 27.9 Å². The number of benzene rings is 1. The van der Waals surface area contributed by atoms with Gasteiger partial charge in [-0.1, -0.05) is 59.7 Å². The van der Waals surface area contributed by atoms with E-state index in [-0.39, 0.29) is 31.2 Å². The van der Waals surface area contributed by atoms with Gasteiger partial charge in [0.05, 0.1) is 29.0 Å². The van der Waals surface area contributed by atoms with Gasteiger partial charge >= 0.3 is 5.97 Å². The van der Waals surface area contributed by atoms with Gasteiger partial charge in [-0.2, -0.15) is 0 Å². The summed E-state index contributed by atoms with van der Waals surface area (Å²) in [6.07, 6.45) is 3.67. The van der Waals surface area contributed by atoms with Crippen molar-refractivity contribution in [3.05, 3.63) is 57.4 Å². The fourth-order valence-corrected chi connectivity index (χ4v) is 9.52. The second-order valence-corrected chi connectivity index (χ2v) is 16.3. The first kappa shape index (κ1) is 29.8. The number of aliphatic hydroxyl groups is 1. The predicted molar refractivity (Wildman–Crippen MR) is 165 cm³/mol. The summed E-state index contributed by atoms with van der Waals surface area (Å²) in [5.74, 6) is -0.106. The third kappa shape index (κ3) is 4.80. The third-order valence-corrected chi connectivity index (χ3v) is 12.9. The van der Waals surface area contributed by atoms with Crippen LogP contribution in [-0.4, -0.2) is 57.3 Å². The topological polar surface area (TPSA) is 103 Å². The van der Waals surface area contributed by atoms with Crippen molar-refractivity contribution in [2.24, 2.45) is 5.92 Å². The number of hydrogen-bond acceptors (Lipinski definition) is 7. The average molecular weight is 582 g/mol. The maximum Gasteiger partial charge on any atom is 0.343 e. The van der Waals surface area contributed by atoms with Gasteiger partial charge in [-0.15, -0.1) is 0 Å². The van der Waals surface area contributed by atoms with Crippen LogP contribution in [0.15, 0.2) is 40.0 Å². The van der Waals surface area contributed by atoms with E-state index in [0.29, 0.717) is 34.5 Å². The lowest BCUT2D eigenvalue weighted by Gasteiger charge is -2.42. The first-order valence-corrected chi connectivity index (χ1v) is 17.0. The van der Waals surface area contributed by atoms with E-state index in [1.54, 1.807) is 11.5 Å². The molecule has 3 atom stereocenters. The molecule has 41 heavy (non-hydrogen) atoms. The molecule has 2 aliphatic heterocycles. The van der Waals surface area contributed by atoms with Crippen LogP contribution in [0.1, 0.15) is 64.7 Å². The Balaban J connectivity index is 1.73. The quantitative estimate of drug-likeness (QED) is 0.214. The van der Waals surface area contributed by atoms with Crippen molar-refractivity contribution >= 4 is 26.9 Å². The molecule has 0 fully saturated rings. The Hall–Kier alpha value is -2.72. The maximum absolute atomic E-state index is 14.1. The smallest absolute Gasteiger partial charge is 0.343 e. The Morgan fingerprint density at radius 3 is 2.51 bits per heavy atom. The molecule has 8 nitrogen and oxygen atoms in total. The Labute approximate surface area is 243 Å². The normalized spacial score (nSPS) is 20.1. The van der Waals surface area contributed by atoms with Gasteiger partial charge in [0.1, 0.15) is 6.61 Å². The molecule has 4 heterocycles. The Morgan fingerprint density at radius 1 is 1.15 bits per heavy atom. The van der Waals surface area contributed by atoms with E-state index in [2.05, 4.69) is 50.7 Å². The molecule has 1 aromatic carbocycles. The van der Waals surface area contributed by atoms with E-state index in [1.807, 2.05) is 32.0 Å². The molecule has 0 amide bonds. The molecule has 0 saturated carbocycles. The van der Waals surface area contributed by atoms with Crippen molar-refractivity contribution in [2.75, 3.05) is 19.1 Å². The zero-order valence-corrected chi connectivity index (χ0v) is 26.2. The number of carbonyl (C=O) groups excluding carboxylic acids is 1. The number of ether oxygens (including phenoxy) is 2. The van der Waals surface area contributed by atoms with Crippen LogP contribution in [-0.2, 0) is 33.0 Å². The number of aromatic nitrogens is 2. The molecule has 0 saturated heterocycles. The molecule has 2 aliphatic rings. The van der Waals surface area contributed by atoms with E-state index in [0.717, 1.165) is 22.2 Å². The number of para-hydroxylation sites is 1. The van der Waals surface area contributed by atoms with E-state index >= 15 is 0 Å². The number of esters is 1.